The summed E-state index contributed by atoms with van der Waals surface area (Å²) in [6, 6.07) is 18.4. The number of hydrogen-bond donors (Lipinski definition) is 1. The summed E-state index contributed by atoms with van der Waals surface area (Å²) >= 11 is 0. The van der Waals surface area contributed by atoms with Crippen molar-refractivity contribution in [2.24, 2.45) is 0 Å². The molecule has 0 atom stereocenters. The lowest BCUT2D eigenvalue weighted by molar-refractivity contribution is -0.130. The number of H-pyrrole nitrogens is 1. The standard InChI is InChI=1S/C25H25N3O2/c1-17-23(24(27-30-17)18-9-3-2-4-10-18)25-20(19-11-5-6-12-21(19)26-25)13-14-22(29)28-15-7-8-16-28/h2-6,9-12,26H,7-8,13-16H2,1H3. The van der Waals surface area contributed by atoms with E-state index in [1.165, 1.54) is 0 Å². The molecule has 5 rings (SSSR count). The van der Waals surface area contributed by atoms with Crippen molar-refractivity contribution in [3.05, 3.63) is 65.9 Å². The Balaban J connectivity index is 1.58. The van der Waals surface area contributed by atoms with Crippen molar-refractivity contribution in [2.75, 3.05) is 13.1 Å². The van der Waals surface area contributed by atoms with E-state index in [2.05, 4.69) is 22.3 Å². The highest BCUT2D eigenvalue weighted by atomic mass is 16.5. The molecule has 30 heavy (non-hydrogen) atoms. The highest BCUT2D eigenvalue weighted by Gasteiger charge is 2.24. The molecule has 0 bridgehead atoms. The predicted molar refractivity (Wildman–Crippen MR) is 118 cm³/mol. The SMILES string of the molecule is Cc1onc(-c2ccccc2)c1-c1[nH]c2ccccc2c1CCC(=O)N1CCCC1. The Morgan fingerprint density at radius 3 is 2.60 bits per heavy atom. The minimum Gasteiger partial charge on any atom is -0.360 e. The fourth-order valence-electron chi connectivity index (χ4n) is 4.49. The Labute approximate surface area is 175 Å². The van der Waals surface area contributed by atoms with Gasteiger partial charge in [-0.25, -0.2) is 0 Å². The van der Waals surface area contributed by atoms with Crippen molar-refractivity contribution in [1.82, 2.24) is 15.0 Å². The molecule has 5 nitrogen and oxygen atoms in total. The first-order valence-corrected chi connectivity index (χ1v) is 10.6. The molecule has 1 aliphatic rings. The van der Waals surface area contributed by atoms with Gasteiger partial charge in [0.1, 0.15) is 11.5 Å². The minimum atomic E-state index is 0.244. The molecule has 1 N–H and O–H groups in total. The fraction of sp³-hybridized carbons (Fsp3) is 0.280. The topological polar surface area (TPSA) is 62.1 Å². The molecular weight excluding hydrogens is 374 g/mol. The number of rotatable bonds is 5. The number of nitrogens with zero attached hydrogens (tertiary/aromatic N) is 2. The van der Waals surface area contributed by atoms with E-state index in [9.17, 15) is 4.79 Å². The van der Waals surface area contributed by atoms with Gasteiger partial charge in [0.2, 0.25) is 5.91 Å². The third kappa shape index (κ3) is 3.30. The molecule has 0 aliphatic carbocycles. The van der Waals surface area contributed by atoms with Crippen LogP contribution >= 0.6 is 0 Å². The van der Waals surface area contributed by atoms with Gasteiger partial charge in [-0.15, -0.1) is 0 Å². The van der Waals surface area contributed by atoms with Gasteiger partial charge in [-0.1, -0.05) is 53.7 Å². The Morgan fingerprint density at radius 1 is 1.07 bits per heavy atom. The van der Waals surface area contributed by atoms with E-state index in [-0.39, 0.29) is 5.91 Å². The van der Waals surface area contributed by atoms with Crippen molar-refractivity contribution in [3.63, 3.8) is 0 Å². The molecule has 1 amide bonds. The summed E-state index contributed by atoms with van der Waals surface area (Å²) in [4.78, 5) is 18.3. The van der Waals surface area contributed by atoms with Gasteiger partial charge in [0.05, 0.1) is 11.3 Å². The van der Waals surface area contributed by atoms with Crippen LogP contribution in [0.4, 0.5) is 0 Å². The Bertz CT molecular complexity index is 1180. The quantitative estimate of drug-likeness (QED) is 0.492. The molecule has 1 saturated heterocycles. The summed E-state index contributed by atoms with van der Waals surface area (Å²) in [6.07, 6.45) is 3.43. The monoisotopic (exact) mass is 399 g/mol. The number of fused-ring (bicyclic) bond motifs is 1. The van der Waals surface area contributed by atoms with Crippen LogP contribution in [0.5, 0.6) is 0 Å². The molecule has 0 spiro atoms. The summed E-state index contributed by atoms with van der Waals surface area (Å²) in [5, 5.41) is 5.52. The first-order valence-electron chi connectivity index (χ1n) is 10.6. The van der Waals surface area contributed by atoms with Gasteiger partial charge in [0.25, 0.3) is 0 Å². The molecule has 5 heteroatoms. The second-order valence-electron chi connectivity index (χ2n) is 7.94. The number of carbonyl (C=O) groups excluding carboxylic acids is 1. The zero-order valence-electron chi connectivity index (χ0n) is 17.1. The lowest BCUT2D eigenvalue weighted by atomic mass is 9.97. The average Bonchev–Trinajstić information content (AvgIpc) is 3.51. The third-order valence-electron chi connectivity index (χ3n) is 6.02. The minimum absolute atomic E-state index is 0.244. The molecule has 0 radical (unpaired) electrons. The first-order chi connectivity index (χ1) is 14.7. The number of benzene rings is 2. The summed E-state index contributed by atoms with van der Waals surface area (Å²) in [5.74, 6) is 1.02. The van der Waals surface area contributed by atoms with Gasteiger partial charge in [-0.3, -0.25) is 4.79 Å². The zero-order chi connectivity index (χ0) is 20.5. The Hall–Kier alpha value is -3.34. The van der Waals surface area contributed by atoms with E-state index >= 15 is 0 Å². The molecule has 2 aromatic carbocycles. The number of hydrogen-bond acceptors (Lipinski definition) is 3. The van der Waals surface area contributed by atoms with Crippen LogP contribution in [0.25, 0.3) is 33.4 Å². The van der Waals surface area contributed by atoms with Crippen molar-refractivity contribution < 1.29 is 9.32 Å². The molecule has 4 aromatic rings. The third-order valence-corrected chi connectivity index (χ3v) is 6.02. The van der Waals surface area contributed by atoms with Crippen LogP contribution in [-0.2, 0) is 11.2 Å². The van der Waals surface area contributed by atoms with Crippen molar-refractivity contribution in [1.29, 1.82) is 0 Å². The van der Waals surface area contributed by atoms with Crippen molar-refractivity contribution >= 4 is 16.8 Å². The van der Waals surface area contributed by atoms with E-state index in [0.29, 0.717) is 12.8 Å². The lowest BCUT2D eigenvalue weighted by Gasteiger charge is -2.15. The van der Waals surface area contributed by atoms with Crippen LogP contribution in [0.15, 0.2) is 59.1 Å². The molecule has 2 aromatic heterocycles. The normalized spacial score (nSPS) is 14.0. The number of para-hydroxylation sites is 1. The first kappa shape index (κ1) is 18.7. The summed E-state index contributed by atoms with van der Waals surface area (Å²) in [6.45, 7) is 3.73. The van der Waals surface area contributed by atoms with Gasteiger partial charge < -0.3 is 14.4 Å². The van der Waals surface area contributed by atoms with Crippen molar-refractivity contribution in [2.45, 2.75) is 32.6 Å². The lowest BCUT2D eigenvalue weighted by Crippen LogP contribution is -2.27. The fourth-order valence-corrected chi connectivity index (χ4v) is 4.49. The average molecular weight is 399 g/mol. The maximum Gasteiger partial charge on any atom is 0.222 e. The van der Waals surface area contributed by atoms with Crippen molar-refractivity contribution in [3.8, 4) is 22.5 Å². The number of nitrogens with one attached hydrogen (secondary N) is 1. The maximum absolute atomic E-state index is 12.7. The summed E-state index contributed by atoms with van der Waals surface area (Å²) < 4.78 is 5.62. The van der Waals surface area contributed by atoms with Crippen LogP contribution < -0.4 is 0 Å². The van der Waals surface area contributed by atoms with Crippen LogP contribution in [0.1, 0.15) is 30.6 Å². The van der Waals surface area contributed by atoms with E-state index in [1.807, 2.05) is 54.3 Å². The number of carbonyl (C=O) groups is 1. The van der Waals surface area contributed by atoms with Crippen LogP contribution in [0, 0.1) is 6.92 Å². The number of aryl methyl sites for hydroxylation is 2. The number of likely N-dealkylation sites (tertiary alicyclic amines) is 1. The van der Waals surface area contributed by atoms with Gasteiger partial charge in [-0.05, 0) is 37.8 Å². The zero-order valence-corrected chi connectivity index (χ0v) is 17.1. The summed E-state index contributed by atoms with van der Waals surface area (Å²) in [5.41, 5.74) is 6.04. The smallest absolute Gasteiger partial charge is 0.222 e. The number of aromatic amines is 1. The van der Waals surface area contributed by atoms with Gasteiger partial charge in [-0.2, -0.15) is 0 Å². The van der Waals surface area contributed by atoms with Gasteiger partial charge in [0.15, 0.2) is 0 Å². The van der Waals surface area contributed by atoms with Crippen LogP contribution in [0.3, 0.4) is 0 Å². The highest BCUT2D eigenvalue weighted by molar-refractivity contribution is 5.94. The Morgan fingerprint density at radius 2 is 1.80 bits per heavy atom. The second-order valence-corrected chi connectivity index (χ2v) is 7.94. The molecule has 152 valence electrons. The van der Waals surface area contributed by atoms with Gasteiger partial charge in [0, 0.05) is 36.0 Å². The maximum atomic E-state index is 12.7. The molecule has 0 unspecified atom stereocenters. The van der Waals surface area contributed by atoms with E-state index < -0.39 is 0 Å². The predicted octanol–water partition coefficient (Wildman–Crippen LogP) is 5.35. The molecule has 3 heterocycles. The number of amides is 1. The highest BCUT2D eigenvalue weighted by Crippen LogP contribution is 2.39. The summed E-state index contributed by atoms with van der Waals surface area (Å²) in [7, 11) is 0. The second kappa shape index (κ2) is 7.82. The van der Waals surface area contributed by atoms with E-state index in [0.717, 1.165) is 70.7 Å². The largest absolute Gasteiger partial charge is 0.360 e. The van der Waals surface area contributed by atoms with Crippen LogP contribution in [0.2, 0.25) is 0 Å². The molecule has 1 aliphatic heterocycles. The molecule has 0 saturated carbocycles. The van der Waals surface area contributed by atoms with Crippen LogP contribution in [-0.4, -0.2) is 34.0 Å². The molecular formula is C25H25N3O2. The van der Waals surface area contributed by atoms with E-state index in [4.69, 9.17) is 4.52 Å². The molecule has 1 fully saturated rings. The Kier molecular flexibility index (Phi) is 4.87. The number of aromatic nitrogens is 2. The van der Waals surface area contributed by atoms with E-state index in [1.54, 1.807) is 0 Å². The van der Waals surface area contributed by atoms with Gasteiger partial charge >= 0.3 is 0 Å².